The molecule has 4 nitrogen and oxygen atoms in total. The van der Waals surface area contributed by atoms with Crippen molar-refractivity contribution < 1.29 is 9.53 Å². The van der Waals surface area contributed by atoms with Crippen molar-refractivity contribution in [3.05, 3.63) is 64.8 Å². The maximum atomic E-state index is 13.3. The van der Waals surface area contributed by atoms with E-state index in [4.69, 9.17) is 16.3 Å². The number of ether oxygens (including phenoxy) is 1. The zero-order valence-corrected chi connectivity index (χ0v) is 19.5. The summed E-state index contributed by atoms with van der Waals surface area (Å²) >= 11 is 7.98. The lowest BCUT2D eigenvalue weighted by molar-refractivity contribution is 0.0980. The lowest BCUT2D eigenvalue weighted by Gasteiger charge is -2.22. The van der Waals surface area contributed by atoms with Crippen LogP contribution in [0.3, 0.4) is 0 Å². The molecule has 4 rings (SSSR count). The van der Waals surface area contributed by atoms with Gasteiger partial charge in [-0.15, -0.1) is 0 Å². The van der Waals surface area contributed by atoms with Crippen molar-refractivity contribution in [2.75, 3.05) is 18.8 Å². The van der Waals surface area contributed by atoms with Gasteiger partial charge in [0.15, 0.2) is 5.78 Å². The number of hydrogen-bond acceptors (Lipinski definition) is 4. The fourth-order valence-corrected chi connectivity index (χ4v) is 5.52. The fraction of sp³-hybridized carbons (Fsp3) is 0.400. The summed E-state index contributed by atoms with van der Waals surface area (Å²) in [6.45, 7) is 2.57. The monoisotopic (exact) mass is 456 g/mol. The van der Waals surface area contributed by atoms with Gasteiger partial charge >= 0.3 is 0 Å². The minimum atomic E-state index is 0.203. The molecule has 1 aliphatic rings. The van der Waals surface area contributed by atoms with Crippen LogP contribution in [0.4, 0.5) is 0 Å². The summed E-state index contributed by atoms with van der Waals surface area (Å²) in [4.78, 5) is 13.3. The minimum Gasteiger partial charge on any atom is -0.487 e. The maximum Gasteiger partial charge on any atom is 0.165 e. The van der Waals surface area contributed by atoms with Crippen molar-refractivity contribution in [1.82, 2.24) is 9.88 Å². The summed E-state index contributed by atoms with van der Waals surface area (Å²) in [6.07, 6.45) is 4.00. The highest BCUT2D eigenvalue weighted by atomic mass is 35.5. The second-order valence-corrected chi connectivity index (χ2v) is 9.85. The molecule has 1 fully saturated rings. The van der Waals surface area contributed by atoms with E-state index in [9.17, 15) is 4.79 Å². The Labute approximate surface area is 193 Å². The number of rotatable bonds is 9. The van der Waals surface area contributed by atoms with E-state index in [1.807, 2.05) is 61.3 Å². The van der Waals surface area contributed by atoms with Crippen LogP contribution in [0.1, 0.15) is 41.7 Å². The number of ketones is 1. The molecule has 0 amide bonds. The molecule has 1 aromatic heterocycles. The first-order valence-corrected chi connectivity index (χ1v) is 12.4. The van der Waals surface area contributed by atoms with Crippen LogP contribution in [-0.2, 0) is 13.7 Å². The number of aromatic nitrogens is 1. The first-order chi connectivity index (χ1) is 15.1. The van der Waals surface area contributed by atoms with E-state index < -0.39 is 0 Å². The van der Waals surface area contributed by atoms with E-state index in [1.54, 1.807) is 0 Å². The second-order valence-electron chi connectivity index (χ2n) is 8.01. The standard InChI is InChI=1S/C25H29ClN2O2S/c1-28-22-8-3-2-7-21(22)25(23(28)17-30-19-12-10-18(26)11-13-19)24(29)9-5-15-31-20-6-4-14-27-16-20/h2-3,7-8,10-13,20,27H,4-6,9,14-17H2,1H3. The number of carbonyl (C=O) groups is 1. The number of hydrogen-bond donors (Lipinski definition) is 1. The third kappa shape index (κ3) is 5.46. The van der Waals surface area contributed by atoms with Gasteiger partial charge in [0.1, 0.15) is 12.4 Å². The van der Waals surface area contributed by atoms with Crippen LogP contribution in [0.5, 0.6) is 5.75 Å². The van der Waals surface area contributed by atoms with Crippen LogP contribution in [0.15, 0.2) is 48.5 Å². The second kappa shape index (κ2) is 10.6. The van der Waals surface area contributed by atoms with E-state index in [1.165, 1.54) is 12.8 Å². The van der Waals surface area contributed by atoms with Crippen LogP contribution >= 0.6 is 23.4 Å². The number of nitrogens with one attached hydrogen (secondary N) is 1. The Morgan fingerprint density at radius 2 is 2.03 bits per heavy atom. The van der Waals surface area contributed by atoms with Crippen LogP contribution in [0, 0.1) is 0 Å². The summed E-state index contributed by atoms with van der Waals surface area (Å²) in [6, 6.07) is 15.4. The zero-order chi connectivity index (χ0) is 21.6. The first-order valence-electron chi connectivity index (χ1n) is 10.9. The molecule has 164 valence electrons. The van der Waals surface area contributed by atoms with Gasteiger partial charge in [-0.25, -0.2) is 0 Å². The zero-order valence-electron chi connectivity index (χ0n) is 17.9. The normalized spacial score (nSPS) is 16.5. The number of nitrogens with zero attached hydrogens (tertiary/aromatic N) is 1. The molecule has 6 heteroatoms. The molecule has 1 unspecified atom stereocenters. The van der Waals surface area contributed by atoms with Gasteiger partial charge in [-0.3, -0.25) is 4.79 Å². The van der Waals surface area contributed by atoms with Crippen molar-refractivity contribution in [2.45, 2.75) is 37.5 Å². The number of benzene rings is 2. The van der Waals surface area contributed by atoms with Gasteiger partial charge in [-0.1, -0.05) is 29.8 Å². The van der Waals surface area contributed by atoms with Gasteiger partial charge in [0.05, 0.1) is 5.69 Å². The Bertz CT molecular complexity index is 1030. The van der Waals surface area contributed by atoms with E-state index in [2.05, 4.69) is 16.0 Å². The molecule has 1 N–H and O–H groups in total. The minimum absolute atomic E-state index is 0.203. The molecule has 31 heavy (non-hydrogen) atoms. The number of piperidine rings is 1. The molecular formula is C25H29ClN2O2S. The number of Topliss-reactive ketones (excluding diaryl/α,β-unsaturated/α-hetero) is 1. The average Bonchev–Trinajstić information content (AvgIpc) is 3.09. The average molecular weight is 457 g/mol. The van der Waals surface area contributed by atoms with Crippen molar-refractivity contribution in [2.24, 2.45) is 7.05 Å². The Morgan fingerprint density at radius 3 is 2.81 bits per heavy atom. The van der Waals surface area contributed by atoms with E-state index in [0.717, 1.165) is 53.2 Å². The highest BCUT2D eigenvalue weighted by molar-refractivity contribution is 7.99. The number of halogens is 1. The van der Waals surface area contributed by atoms with Crippen LogP contribution in [0.2, 0.25) is 5.02 Å². The van der Waals surface area contributed by atoms with Gasteiger partial charge in [-0.2, -0.15) is 11.8 Å². The lowest BCUT2D eigenvalue weighted by Crippen LogP contribution is -2.31. The number of fused-ring (bicyclic) bond motifs is 1. The van der Waals surface area contributed by atoms with Crippen LogP contribution in [-0.4, -0.2) is 34.4 Å². The molecule has 2 aromatic carbocycles. The predicted octanol–water partition coefficient (Wildman–Crippen LogP) is 5.86. The van der Waals surface area contributed by atoms with Gasteiger partial charge in [0.2, 0.25) is 0 Å². The molecule has 1 saturated heterocycles. The number of carbonyl (C=O) groups excluding carboxylic acids is 1. The van der Waals surface area contributed by atoms with Crippen LogP contribution < -0.4 is 10.1 Å². The Hall–Kier alpha value is -1.95. The summed E-state index contributed by atoms with van der Waals surface area (Å²) in [5.41, 5.74) is 2.78. The summed E-state index contributed by atoms with van der Waals surface area (Å²) in [7, 11) is 2.01. The van der Waals surface area contributed by atoms with Crippen LogP contribution in [0.25, 0.3) is 10.9 Å². The Kier molecular flexibility index (Phi) is 7.59. The summed E-state index contributed by atoms with van der Waals surface area (Å²) in [5.74, 6) is 1.97. The van der Waals surface area contributed by atoms with Crippen molar-refractivity contribution in [1.29, 1.82) is 0 Å². The molecule has 3 aromatic rings. The van der Waals surface area contributed by atoms with E-state index in [-0.39, 0.29) is 5.78 Å². The van der Waals surface area contributed by atoms with E-state index in [0.29, 0.717) is 23.3 Å². The van der Waals surface area contributed by atoms with E-state index >= 15 is 0 Å². The highest BCUT2D eigenvalue weighted by Gasteiger charge is 2.21. The van der Waals surface area contributed by atoms with Gasteiger partial charge in [0.25, 0.3) is 0 Å². The predicted molar refractivity (Wildman–Crippen MR) is 131 cm³/mol. The van der Waals surface area contributed by atoms with Crippen molar-refractivity contribution in [3.8, 4) is 5.75 Å². The molecular weight excluding hydrogens is 428 g/mol. The molecule has 1 atom stereocenters. The smallest absolute Gasteiger partial charge is 0.165 e. The largest absolute Gasteiger partial charge is 0.487 e. The maximum absolute atomic E-state index is 13.3. The topological polar surface area (TPSA) is 43.3 Å². The quantitative estimate of drug-likeness (QED) is 0.323. The highest BCUT2D eigenvalue weighted by Crippen LogP contribution is 2.29. The Balaban J connectivity index is 1.46. The SMILES string of the molecule is Cn1c(COc2ccc(Cl)cc2)c(C(=O)CCCSC2CCCNC2)c2ccccc21. The van der Waals surface area contributed by atoms with Crippen molar-refractivity contribution >= 4 is 40.0 Å². The third-order valence-corrected chi connectivity index (χ3v) is 7.50. The number of thioether (sulfide) groups is 1. The number of aryl methyl sites for hydroxylation is 1. The molecule has 0 saturated carbocycles. The molecule has 0 aliphatic carbocycles. The molecule has 0 radical (unpaired) electrons. The molecule has 0 bridgehead atoms. The lowest BCUT2D eigenvalue weighted by atomic mass is 10.0. The first kappa shape index (κ1) is 22.3. The Morgan fingerprint density at radius 1 is 1.23 bits per heavy atom. The van der Waals surface area contributed by atoms with Gasteiger partial charge in [-0.05, 0) is 61.9 Å². The summed E-state index contributed by atoms with van der Waals surface area (Å²) < 4.78 is 8.09. The van der Waals surface area contributed by atoms with Gasteiger partial charge < -0.3 is 14.6 Å². The fourth-order valence-electron chi connectivity index (χ4n) is 4.18. The summed E-state index contributed by atoms with van der Waals surface area (Å²) in [5, 5.41) is 5.83. The molecule has 1 aliphatic heterocycles. The third-order valence-electron chi connectivity index (χ3n) is 5.85. The molecule has 2 heterocycles. The van der Waals surface area contributed by atoms with Gasteiger partial charge in [0, 0.05) is 46.8 Å². The molecule has 0 spiro atoms. The number of para-hydroxylation sites is 1. The van der Waals surface area contributed by atoms with Crippen molar-refractivity contribution in [3.63, 3.8) is 0 Å².